The molecule has 160 valence electrons. The quantitative estimate of drug-likeness (QED) is 0.196. The predicted molar refractivity (Wildman–Crippen MR) is 129 cm³/mol. The Labute approximate surface area is 190 Å². The number of aryl methyl sites for hydroxylation is 1. The molecule has 0 radical (unpaired) electrons. The fourth-order valence-corrected chi connectivity index (χ4v) is 2.79. The number of aliphatic hydroxyl groups excluding tert-OH is 1. The first-order valence-electron chi connectivity index (χ1n) is 9.63. The third-order valence-corrected chi connectivity index (χ3v) is 4.30. The fourth-order valence-electron chi connectivity index (χ4n) is 2.79. The number of hydrogen-bond acceptors (Lipinski definition) is 4. The lowest BCUT2D eigenvalue weighted by molar-refractivity contribution is 0.186. The molecule has 0 aliphatic carbocycles. The predicted octanol–water partition coefficient (Wildman–Crippen LogP) is 3.54. The van der Waals surface area contributed by atoms with Crippen LogP contribution >= 0.6 is 24.0 Å². The van der Waals surface area contributed by atoms with E-state index in [0.29, 0.717) is 23.0 Å². The van der Waals surface area contributed by atoms with Gasteiger partial charge in [0.1, 0.15) is 11.5 Å². The molecular weight excluding hydrogens is 481 g/mol. The van der Waals surface area contributed by atoms with E-state index in [2.05, 4.69) is 39.9 Å². The summed E-state index contributed by atoms with van der Waals surface area (Å²) < 4.78 is 10.5. The van der Waals surface area contributed by atoms with Gasteiger partial charge in [-0.05, 0) is 43.0 Å². The third-order valence-electron chi connectivity index (χ3n) is 4.30. The number of halogens is 1. The van der Waals surface area contributed by atoms with Gasteiger partial charge in [-0.2, -0.15) is 0 Å². The Bertz CT molecular complexity index is 719. The SMILES string of the molecule is CCNC(=NCC(O)c1cc(OC)cc(OC)c1)NCCCc1ccccc1.I. The van der Waals surface area contributed by atoms with Crippen LogP contribution in [0.1, 0.15) is 30.6 Å². The monoisotopic (exact) mass is 513 g/mol. The minimum atomic E-state index is -0.747. The highest BCUT2D eigenvalue weighted by atomic mass is 127. The molecule has 2 rings (SSSR count). The lowest BCUT2D eigenvalue weighted by Gasteiger charge is -2.15. The lowest BCUT2D eigenvalue weighted by Crippen LogP contribution is -2.38. The number of ether oxygens (including phenoxy) is 2. The molecule has 0 aromatic heterocycles. The summed E-state index contributed by atoms with van der Waals surface area (Å²) in [6, 6.07) is 15.8. The molecule has 0 aliphatic rings. The van der Waals surface area contributed by atoms with E-state index in [1.165, 1.54) is 5.56 Å². The summed E-state index contributed by atoms with van der Waals surface area (Å²) in [6.07, 6.45) is 1.27. The van der Waals surface area contributed by atoms with Gasteiger partial charge in [0.05, 0.1) is 26.9 Å². The highest BCUT2D eigenvalue weighted by Gasteiger charge is 2.11. The van der Waals surface area contributed by atoms with Crippen LogP contribution in [0.5, 0.6) is 11.5 Å². The van der Waals surface area contributed by atoms with E-state index >= 15 is 0 Å². The molecule has 0 fully saturated rings. The molecule has 1 unspecified atom stereocenters. The Morgan fingerprint density at radius 2 is 1.69 bits per heavy atom. The topological polar surface area (TPSA) is 75.1 Å². The zero-order valence-corrected chi connectivity index (χ0v) is 19.7. The molecule has 3 N–H and O–H groups in total. The molecule has 6 nitrogen and oxygen atoms in total. The molecule has 29 heavy (non-hydrogen) atoms. The van der Waals surface area contributed by atoms with Crippen molar-refractivity contribution in [2.45, 2.75) is 25.9 Å². The van der Waals surface area contributed by atoms with Crippen molar-refractivity contribution >= 4 is 29.9 Å². The van der Waals surface area contributed by atoms with Crippen LogP contribution in [0.4, 0.5) is 0 Å². The first-order chi connectivity index (χ1) is 13.7. The number of nitrogens with zero attached hydrogens (tertiary/aromatic N) is 1. The van der Waals surface area contributed by atoms with E-state index in [1.54, 1.807) is 32.4 Å². The van der Waals surface area contributed by atoms with Crippen LogP contribution in [0.2, 0.25) is 0 Å². The highest BCUT2D eigenvalue weighted by Crippen LogP contribution is 2.26. The Hall–Kier alpha value is -2.00. The first kappa shape index (κ1) is 25.0. The van der Waals surface area contributed by atoms with E-state index in [-0.39, 0.29) is 30.5 Å². The minimum absolute atomic E-state index is 0. The average molecular weight is 513 g/mol. The Kier molecular flexibility index (Phi) is 12.1. The smallest absolute Gasteiger partial charge is 0.191 e. The number of methoxy groups -OCH3 is 2. The summed E-state index contributed by atoms with van der Waals surface area (Å²) in [5.74, 6) is 1.98. The van der Waals surface area contributed by atoms with Crippen LogP contribution in [0.3, 0.4) is 0 Å². The van der Waals surface area contributed by atoms with Gasteiger partial charge in [0.25, 0.3) is 0 Å². The summed E-state index contributed by atoms with van der Waals surface area (Å²) in [5.41, 5.74) is 2.04. The van der Waals surface area contributed by atoms with Gasteiger partial charge >= 0.3 is 0 Å². The Balaban J connectivity index is 0.00000420. The van der Waals surface area contributed by atoms with Crippen molar-refractivity contribution < 1.29 is 14.6 Å². The third kappa shape index (κ3) is 8.91. The van der Waals surface area contributed by atoms with Crippen molar-refractivity contribution in [3.63, 3.8) is 0 Å². The molecule has 0 bridgehead atoms. The van der Waals surface area contributed by atoms with Crippen molar-refractivity contribution in [1.82, 2.24) is 10.6 Å². The minimum Gasteiger partial charge on any atom is -0.497 e. The molecule has 0 spiro atoms. The van der Waals surface area contributed by atoms with Crippen LogP contribution in [0.25, 0.3) is 0 Å². The largest absolute Gasteiger partial charge is 0.497 e. The van der Waals surface area contributed by atoms with Gasteiger partial charge in [-0.25, -0.2) is 0 Å². The number of aliphatic imine (C=N–C) groups is 1. The summed E-state index contributed by atoms with van der Waals surface area (Å²) >= 11 is 0. The summed E-state index contributed by atoms with van der Waals surface area (Å²) in [5, 5.41) is 17.1. The number of benzene rings is 2. The second kappa shape index (κ2) is 14.1. The zero-order chi connectivity index (χ0) is 20.2. The maximum absolute atomic E-state index is 10.5. The van der Waals surface area contributed by atoms with Gasteiger partial charge in [0.2, 0.25) is 0 Å². The van der Waals surface area contributed by atoms with Crippen LogP contribution in [0, 0.1) is 0 Å². The van der Waals surface area contributed by atoms with E-state index < -0.39 is 6.10 Å². The number of hydrogen-bond donors (Lipinski definition) is 3. The van der Waals surface area contributed by atoms with E-state index in [1.807, 2.05) is 13.0 Å². The van der Waals surface area contributed by atoms with E-state index in [4.69, 9.17) is 9.47 Å². The van der Waals surface area contributed by atoms with E-state index in [0.717, 1.165) is 25.9 Å². The maximum Gasteiger partial charge on any atom is 0.191 e. The van der Waals surface area contributed by atoms with E-state index in [9.17, 15) is 5.11 Å². The van der Waals surface area contributed by atoms with Crippen LogP contribution < -0.4 is 20.1 Å². The van der Waals surface area contributed by atoms with Crippen molar-refractivity contribution in [3.8, 4) is 11.5 Å². The van der Waals surface area contributed by atoms with Crippen molar-refractivity contribution in [3.05, 3.63) is 59.7 Å². The van der Waals surface area contributed by atoms with Gasteiger partial charge in [-0.3, -0.25) is 4.99 Å². The molecule has 0 saturated carbocycles. The van der Waals surface area contributed by atoms with Crippen LogP contribution in [-0.2, 0) is 6.42 Å². The van der Waals surface area contributed by atoms with Gasteiger partial charge in [-0.1, -0.05) is 30.3 Å². The van der Waals surface area contributed by atoms with Crippen molar-refractivity contribution in [2.24, 2.45) is 4.99 Å². The van der Waals surface area contributed by atoms with Crippen LogP contribution in [-0.4, -0.2) is 44.9 Å². The van der Waals surface area contributed by atoms with Crippen molar-refractivity contribution in [2.75, 3.05) is 33.9 Å². The number of nitrogens with one attached hydrogen (secondary N) is 2. The van der Waals surface area contributed by atoms with Gasteiger partial charge < -0.3 is 25.2 Å². The van der Waals surface area contributed by atoms with Gasteiger partial charge in [-0.15, -0.1) is 24.0 Å². The average Bonchev–Trinajstić information content (AvgIpc) is 2.74. The molecule has 0 heterocycles. The van der Waals surface area contributed by atoms with Gasteiger partial charge in [0.15, 0.2) is 5.96 Å². The molecule has 2 aromatic rings. The molecule has 0 amide bonds. The normalized spacial score (nSPS) is 11.9. The summed E-state index contributed by atoms with van der Waals surface area (Å²) in [7, 11) is 3.18. The maximum atomic E-state index is 10.5. The standard InChI is InChI=1S/C22H31N3O3.HI/c1-4-23-22(24-12-8-11-17-9-6-5-7-10-17)25-16-21(26)18-13-19(27-2)15-20(14-18)28-3;/h5-7,9-10,13-15,21,26H,4,8,11-12,16H2,1-3H3,(H2,23,24,25);1H. The molecule has 1 atom stereocenters. The number of aliphatic hydroxyl groups is 1. The van der Waals surface area contributed by atoms with Gasteiger partial charge in [0, 0.05) is 19.2 Å². The zero-order valence-electron chi connectivity index (χ0n) is 17.4. The number of rotatable bonds is 10. The molecule has 2 aromatic carbocycles. The van der Waals surface area contributed by atoms with Crippen molar-refractivity contribution in [1.29, 1.82) is 0 Å². The van der Waals surface area contributed by atoms with Crippen LogP contribution in [0.15, 0.2) is 53.5 Å². The molecule has 0 saturated heterocycles. The second-order valence-electron chi connectivity index (χ2n) is 6.40. The molecule has 0 aliphatic heterocycles. The molecule has 7 heteroatoms. The Morgan fingerprint density at radius 1 is 1.03 bits per heavy atom. The summed E-state index contributed by atoms with van der Waals surface area (Å²) in [4.78, 5) is 4.51. The first-order valence-corrected chi connectivity index (χ1v) is 9.63. The fraction of sp³-hybridized carbons (Fsp3) is 0.409. The lowest BCUT2D eigenvalue weighted by atomic mass is 10.1. The second-order valence-corrected chi connectivity index (χ2v) is 6.40. The Morgan fingerprint density at radius 3 is 2.28 bits per heavy atom. The highest BCUT2D eigenvalue weighted by molar-refractivity contribution is 14.0. The number of guanidine groups is 1. The summed E-state index contributed by atoms with van der Waals surface area (Å²) in [6.45, 7) is 3.83. The molecular formula is C22H32IN3O3.